The van der Waals surface area contributed by atoms with Gasteiger partial charge in [0.15, 0.2) is 6.29 Å². The lowest BCUT2D eigenvalue weighted by Crippen LogP contribution is -2.48. The molecule has 6 rings (SSSR count). The molecule has 3 aliphatic heterocycles. The Kier molecular flexibility index (Phi) is 11.5. The Morgan fingerprint density at radius 1 is 0.872 bits per heavy atom. The van der Waals surface area contributed by atoms with Gasteiger partial charge >= 0.3 is 0 Å². The Bertz CT molecular complexity index is 1490. The average molecular weight is 701 g/mol. The predicted molar refractivity (Wildman–Crippen MR) is 187 cm³/mol. The van der Waals surface area contributed by atoms with E-state index in [1.807, 2.05) is 42.5 Å². The highest BCUT2D eigenvalue weighted by Crippen LogP contribution is 2.43. The van der Waals surface area contributed by atoms with Crippen LogP contribution in [0.4, 0.5) is 0 Å². The molecule has 2 N–H and O–H groups in total. The van der Waals surface area contributed by atoms with Crippen molar-refractivity contribution >= 4 is 40.7 Å². The number of nitrogens with zero attached hydrogens (tertiary/aromatic N) is 2. The second-order valence-electron chi connectivity index (χ2n) is 13.1. The maximum atomic E-state index is 12.1. The van der Waals surface area contributed by atoms with Gasteiger partial charge in [0.25, 0.3) is 9.70 Å². The molecule has 0 aromatic heterocycles. The molecule has 0 spiro atoms. The highest BCUT2D eigenvalue weighted by atomic mass is 35.6. The molecule has 0 aliphatic carbocycles. The summed E-state index contributed by atoms with van der Waals surface area (Å²) in [7, 11) is 0. The Morgan fingerprint density at radius 2 is 1.60 bits per heavy atom. The van der Waals surface area contributed by atoms with Crippen molar-refractivity contribution in [3.8, 4) is 11.1 Å². The summed E-state index contributed by atoms with van der Waals surface area (Å²) >= 11 is 17.2. The van der Waals surface area contributed by atoms with E-state index < -0.39 is 16.0 Å². The van der Waals surface area contributed by atoms with E-state index in [2.05, 4.69) is 52.4 Å². The number of carbonyl (C=O) groups excluding carboxylic acids is 1. The van der Waals surface area contributed by atoms with Gasteiger partial charge in [-0.15, -0.1) is 0 Å². The summed E-state index contributed by atoms with van der Waals surface area (Å²) in [6, 6.07) is 24.8. The first-order chi connectivity index (χ1) is 22.7. The lowest BCUT2D eigenvalue weighted by atomic mass is 9.89. The molecule has 252 valence electrons. The summed E-state index contributed by atoms with van der Waals surface area (Å²) in [5, 5.41) is 12.3. The molecule has 10 heteroatoms. The molecule has 3 fully saturated rings. The van der Waals surface area contributed by atoms with Crippen LogP contribution in [0.3, 0.4) is 0 Å². The van der Waals surface area contributed by atoms with E-state index in [0.717, 1.165) is 53.0 Å². The largest absolute Gasteiger partial charge is 0.392 e. The molecule has 3 heterocycles. The van der Waals surface area contributed by atoms with Crippen LogP contribution in [0, 0.1) is 5.92 Å². The van der Waals surface area contributed by atoms with Crippen LogP contribution in [0.5, 0.6) is 0 Å². The zero-order chi connectivity index (χ0) is 33.0. The number of likely N-dealkylation sites (tertiary alicyclic amines) is 2. The number of halogens is 3. The van der Waals surface area contributed by atoms with Crippen LogP contribution in [0.1, 0.15) is 67.3 Å². The first-order valence-corrected chi connectivity index (χ1v) is 17.8. The summed E-state index contributed by atoms with van der Waals surface area (Å²) in [5.74, 6) is -0.538. The van der Waals surface area contributed by atoms with Crippen LogP contribution in [-0.2, 0) is 27.4 Å². The zero-order valence-corrected chi connectivity index (χ0v) is 29.1. The van der Waals surface area contributed by atoms with Crippen molar-refractivity contribution in [3.05, 3.63) is 95.1 Å². The van der Waals surface area contributed by atoms with Gasteiger partial charge in [-0.3, -0.25) is 9.69 Å². The topological polar surface area (TPSA) is 74.3 Å². The highest BCUT2D eigenvalue weighted by molar-refractivity contribution is 6.76. The molecule has 47 heavy (non-hydrogen) atoms. The lowest BCUT2D eigenvalue weighted by molar-refractivity contribution is -0.276. The minimum atomic E-state index is -2.01. The van der Waals surface area contributed by atoms with Gasteiger partial charge in [0, 0.05) is 37.2 Å². The number of aliphatic hydroxyl groups excluding tert-OH is 1. The molecular weight excluding hydrogens is 657 g/mol. The summed E-state index contributed by atoms with van der Waals surface area (Å²) in [6.07, 6.45) is 4.33. The van der Waals surface area contributed by atoms with Crippen LogP contribution >= 0.6 is 34.8 Å². The molecule has 0 radical (unpaired) electrons. The number of amides is 1. The molecule has 7 nitrogen and oxygen atoms in total. The molecule has 5 atom stereocenters. The van der Waals surface area contributed by atoms with Crippen molar-refractivity contribution in [1.82, 2.24) is 15.1 Å². The van der Waals surface area contributed by atoms with Gasteiger partial charge in [-0.25, -0.2) is 0 Å². The smallest absolute Gasteiger partial charge is 0.272 e. The summed E-state index contributed by atoms with van der Waals surface area (Å²) in [5.41, 5.74) is 5.80. The van der Waals surface area contributed by atoms with E-state index in [4.69, 9.17) is 44.3 Å². The number of benzene rings is 3. The number of hydrogen-bond acceptors (Lipinski definition) is 6. The third-order valence-electron chi connectivity index (χ3n) is 9.83. The van der Waals surface area contributed by atoms with Crippen molar-refractivity contribution in [2.45, 2.75) is 74.1 Å². The number of rotatable bonds is 10. The zero-order valence-electron chi connectivity index (χ0n) is 26.8. The van der Waals surface area contributed by atoms with Gasteiger partial charge in [-0.05, 0) is 85.3 Å². The normalized spacial score (nSPS) is 25.7. The fourth-order valence-corrected chi connectivity index (χ4v) is 7.37. The number of carbonyl (C=O) groups is 1. The van der Waals surface area contributed by atoms with Crippen molar-refractivity contribution in [3.63, 3.8) is 0 Å². The van der Waals surface area contributed by atoms with Gasteiger partial charge in [0.05, 0.1) is 18.8 Å². The Labute approximate surface area is 293 Å². The van der Waals surface area contributed by atoms with Gasteiger partial charge in [-0.1, -0.05) is 102 Å². The fraction of sp³-hybridized carbons (Fsp3) is 0.486. The molecule has 1 amide bonds. The maximum Gasteiger partial charge on any atom is 0.272 e. The quantitative estimate of drug-likeness (QED) is 0.218. The molecule has 0 saturated carbocycles. The van der Waals surface area contributed by atoms with Crippen LogP contribution in [-0.4, -0.2) is 69.5 Å². The molecule has 3 aliphatic rings. The third kappa shape index (κ3) is 8.70. The number of nitrogens with one attached hydrogen (secondary N) is 1. The van der Waals surface area contributed by atoms with Crippen LogP contribution in [0.25, 0.3) is 11.1 Å². The summed E-state index contributed by atoms with van der Waals surface area (Å²) in [6.45, 7) is 8.02. The lowest BCUT2D eigenvalue weighted by Gasteiger charge is -2.43. The predicted octanol–water partition coefficient (Wildman–Crippen LogP) is 7.18. The van der Waals surface area contributed by atoms with E-state index >= 15 is 0 Å². The third-order valence-corrected chi connectivity index (χ3v) is 10.3. The molecule has 3 saturated heterocycles. The maximum absolute atomic E-state index is 12.1. The van der Waals surface area contributed by atoms with E-state index in [0.29, 0.717) is 6.04 Å². The van der Waals surface area contributed by atoms with Crippen molar-refractivity contribution in [2.24, 2.45) is 5.92 Å². The van der Waals surface area contributed by atoms with Crippen LogP contribution in [0.2, 0.25) is 0 Å². The number of ether oxygens (including phenoxy) is 2. The van der Waals surface area contributed by atoms with Crippen molar-refractivity contribution in [2.75, 3.05) is 32.7 Å². The second kappa shape index (κ2) is 15.6. The standard InChI is InChI=1S/C37H44Cl3N3O4/c1-25-33(23-43-18-6-11-32(43)22-42-16-2-3-17-42)46-35(47-34(25)28-14-12-26(24-44)13-15-28)31-10-5-9-30(20-31)29-8-4-7-27(19-29)21-41-36(45)37(38,39)40/h4-5,7-10,12-15,19-20,25,32-35,44H,2-3,6,11,16-18,21-24H2,1H3,(H,41,45)/t25-,32-,33+,34+,35+/m0/s1. The first kappa shape index (κ1) is 34.7. The minimum Gasteiger partial charge on any atom is -0.392 e. The molecule has 3 aromatic rings. The Hall–Kier alpha value is -2.20. The highest BCUT2D eigenvalue weighted by Gasteiger charge is 2.41. The fourth-order valence-electron chi connectivity index (χ4n) is 7.17. The van der Waals surface area contributed by atoms with E-state index in [9.17, 15) is 9.90 Å². The van der Waals surface area contributed by atoms with Crippen LogP contribution in [0.15, 0.2) is 72.8 Å². The Morgan fingerprint density at radius 3 is 2.32 bits per heavy atom. The molecule has 3 aromatic carbocycles. The monoisotopic (exact) mass is 699 g/mol. The van der Waals surface area contributed by atoms with Gasteiger partial charge in [-0.2, -0.15) is 0 Å². The van der Waals surface area contributed by atoms with Crippen molar-refractivity contribution in [1.29, 1.82) is 0 Å². The van der Waals surface area contributed by atoms with Gasteiger partial charge < -0.3 is 24.8 Å². The van der Waals surface area contributed by atoms with Gasteiger partial charge in [0.2, 0.25) is 0 Å². The minimum absolute atomic E-state index is 0.0103. The van der Waals surface area contributed by atoms with Crippen molar-refractivity contribution < 1.29 is 19.4 Å². The first-order valence-electron chi connectivity index (χ1n) is 16.7. The number of hydrogen-bond donors (Lipinski definition) is 2. The Balaban J connectivity index is 1.23. The van der Waals surface area contributed by atoms with E-state index in [-0.39, 0.29) is 31.3 Å². The summed E-state index contributed by atoms with van der Waals surface area (Å²) < 4.78 is 11.6. The van der Waals surface area contributed by atoms with E-state index in [1.54, 1.807) is 0 Å². The molecular formula is C37H44Cl3N3O4. The van der Waals surface area contributed by atoms with Crippen LogP contribution < -0.4 is 5.32 Å². The second-order valence-corrected chi connectivity index (χ2v) is 15.4. The number of aliphatic hydroxyl groups is 1. The van der Waals surface area contributed by atoms with E-state index in [1.165, 1.54) is 38.8 Å². The molecule has 0 unspecified atom stereocenters. The molecule has 0 bridgehead atoms. The average Bonchev–Trinajstić information content (AvgIpc) is 3.77. The SMILES string of the molecule is C[C@H]1[C@@H](CN2CCC[C@H]2CN2CCCC2)O[C@@H](c2cccc(-c3cccc(CNC(=O)C(Cl)(Cl)Cl)c3)c2)O[C@H]1c1ccc(CO)cc1. The van der Waals surface area contributed by atoms with Gasteiger partial charge in [0.1, 0.15) is 0 Å². The number of alkyl halides is 3. The summed E-state index contributed by atoms with van der Waals surface area (Å²) in [4.78, 5) is 17.4.